The van der Waals surface area contributed by atoms with Crippen LogP contribution in [0, 0.1) is 17.6 Å². The third-order valence-electron chi connectivity index (χ3n) is 9.77. The van der Waals surface area contributed by atoms with Gasteiger partial charge in [-0.3, -0.25) is 24.2 Å². The van der Waals surface area contributed by atoms with Crippen molar-refractivity contribution in [2.45, 2.75) is 69.4 Å². The van der Waals surface area contributed by atoms with Crippen molar-refractivity contribution in [2.24, 2.45) is 5.92 Å². The van der Waals surface area contributed by atoms with Gasteiger partial charge in [0, 0.05) is 18.2 Å². The van der Waals surface area contributed by atoms with Crippen LogP contribution in [0.2, 0.25) is 0 Å². The number of nitrogens with one attached hydrogen (secondary N) is 1. The number of aliphatic carboxylic acids is 2. The molecule has 2 aromatic carbocycles. The molecule has 2 heterocycles. The summed E-state index contributed by atoms with van der Waals surface area (Å²) >= 11 is 0. The molecule has 2 amide bonds. The number of hydrazine groups is 1. The second-order valence-corrected chi connectivity index (χ2v) is 13.3. The molecule has 306 valence electrons. The minimum absolute atomic E-state index is 0.0233. The predicted molar refractivity (Wildman–Crippen MR) is 180 cm³/mol. The highest BCUT2D eigenvalue weighted by Crippen LogP contribution is 2.45. The standard InChI is InChI=1S/C36H33F8N5O8/c1-48-34(10-2-3-11-34)30(52)27(31(53)47-22-8-7-20(35(39,40)41)14-21(22)23-15-25(36(42,43)44)46-17-45-23)32(54)49(48)16-19-6-9-24(29(38)28(19)37)57-12-4-5-18(33(55)56)13-26(50)51/h6-9,14-15,17-18,52H,2-5,10-13,16H2,1H3,(H,47,53)(H,50,51)(H,55,56)/t18-/m0/s1. The van der Waals surface area contributed by atoms with Gasteiger partial charge in [0.15, 0.2) is 11.6 Å². The van der Waals surface area contributed by atoms with Crippen molar-refractivity contribution in [3.8, 4) is 17.0 Å². The molecule has 2 aliphatic rings. The Morgan fingerprint density at radius 3 is 2.26 bits per heavy atom. The van der Waals surface area contributed by atoms with Gasteiger partial charge in [-0.05, 0) is 56.0 Å². The molecular formula is C36H33F8N5O8. The summed E-state index contributed by atoms with van der Waals surface area (Å²) in [6, 6.07) is 4.16. The fourth-order valence-corrected chi connectivity index (χ4v) is 6.77. The average molecular weight is 816 g/mol. The lowest BCUT2D eigenvalue weighted by atomic mass is 9.88. The predicted octanol–water partition coefficient (Wildman–Crippen LogP) is 6.75. The summed E-state index contributed by atoms with van der Waals surface area (Å²) in [7, 11) is 1.37. The second-order valence-electron chi connectivity index (χ2n) is 13.3. The number of hydrogen-bond donors (Lipinski definition) is 4. The van der Waals surface area contributed by atoms with Crippen molar-refractivity contribution >= 4 is 29.4 Å². The Morgan fingerprint density at radius 1 is 0.965 bits per heavy atom. The highest BCUT2D eigenvalue weighted by Gasteiger charge is 2.53. The lowest BCUT2D eigenvalue weighted by Gasteiger charge is -2.48. The molecule has 1 aliphatic carbocycles. The maximum absolute atomic E-state index is 15.5. The van der Waals surface area contributed by atoms with E-state index in [1.54, 1.807) is 0 Å². The van der Waals surface area contributed by atoms with E-state index in [9.17, 15) is 55.7 Å². The topological polar surface area (TPSA) is 182 Å². The van der Waals surface area contributed by atoms with Crippen LogP contribution in [-0.2, 0) is 38.1 Å². The van der Waals surface area contributed by atoms with Crippen LogP contribution in [0.25, 0.3) is 11.3 Å². The Kier molecular flexibility index (Phi) is 12.1. The number of carbonyl (C=O) groups is 4. The third kappa shape index (κ3) is 8.92. The van der Waals surface area contributed by atoms with Crippen molar-refractivity contribution in [2.75, 3.05) is 19.0 Å². The van der Waals surface area contributed by atoms with E-state index in [2.05, 4.69) is 15.3 Å². The molecular weight excluding hydrogens is 782 g/mol. The first-order valence-electron chi connectivity index (χ1n) is 17.1. The Morgan fingerprint density at radius 2 is 1.65 bits per heavy atom. The molecule has 57 heavy (non-hydrogen) atoms. The highest BCUT2D eigenvalue weighted by atomic mass is 19.4. The fourth-order valence-electron chi connectivity index (χ4n) is 6.77. The summed E-state index contributed by atoms with van der Waals surface area (Å²) in [5.41, 5.74) is -7.41. The van der Waals surface area contributed by atoms with Crippen molar-refractivity contribution < 1.29 is 74.4 Å². The number of nitrogens with zero attached hydrogens (tertiary/aromatic N) is 4. The zero-order valence-corrected chi connectivity index (χ0v) is 29.7. The number of aliphatic hydroxyl groups excluding tert-OH is 1. The molecule has 1 fully saturated rings. The number of aliphatic hydroxyl groups is 1. The molecule has 0 bridgehead atoms. The van der Waals surface area contributed by atoms with Crippen molar-refractivity contribution in [3.63, 3.8) is 0 Å². The van der Waals surface area contributed by atoms with Gasteiger partial charge in [-0.1, -0.05) is 18.9 Å². The Hall–Kier alpha value is -5.86. The van der Waals surface area contributed by atoms with E-state index in [0.29, 0.717) is 37.4 Å². The van der Waals surface area contributed by atoms with Crippen molar-refractivity contribution in [1.82, 2.24) is 20.0 Å². The maximum Gasteiger partial charge on any atom is 0.433 e. The molecule has 1 spiro atoms. The molecule has 5 rings (SSSR count). The molecule has 13 nitrogen and oxygen atoms in total. The molecule has 0 radical (unpaired) electrons. The van der Waals surface area contributed by atoms with Gasteiger partial charge in [-0.2, -0.15) is 30.7 Å². The first-order chi connectivity index (χ1) is 26.7. The van der Waals surface area contributed by atoms with Gasteiger partial charge >= 0.3 is 24.3 Å². The van der Waals surface area contributed by atoms with Crippen LogP contribution in [0.4, 0.5) is 40.8 Å². The van der Waals surface area contributed by atoms with E-state index in [4.69, 9.17) is 9.84 Å². The molecule has 3 aromatic rings. The number of hydrogen-bond acceptors (Lipinski definition) is 9. The van der Waals surface area contributed by atoms with Gasteiger partial charge in [0.25, 0.3) is 11.8 Å². The van der Waals surface area contributed by atoms with Gasteiger partial charge in [0.2, 0.25) is 5.82 Å². The number of halogens is 8. The van der Waals surface area contributed by atoms with E-state index in [1.165, 1.54) is 12.1 Å². The summed E-state index contributed by atoms with van der Waals surface area (Å²) in [6.45, 7) is -1.02. The lowest BCUT2D eigenvalue weighted by Crippen LogP contribution is -2.62. The van der Waals surface area contributed by atoms with Crippen LogP contribution in [0.1, 0.15) is 61.8 Å². The van der Waals surface area contributed by atoms with Crippen LogP contribution in [0.5, 0.6) is 5.75 Å². The summed E-state index contributed by atoms with van der Waals surface area (Å²) in [4.78, 5) is 56.9. The first kappa shape index (κ1) is 42.3. The molecule has 0 unspecified atom stereocenters. The van der Waals surface area contributed by atoms with Gasteiger partial charge in [0.1, 0.15) is 23.4 Å². The number of ether oxygens (including phenoxy) is 1. The van der Waals surface area contributed by atoms with Gasteiger partial charge in [-0.25, -0.2) is 19.4 Å². The number of carboxylic acids is 2. The minimum atomic E-state index is -5.02. The second kappa shape index (κ2) is 16.3. The van der Waals surface area contributed by atoms with Crippen molar-refractivity contribution in [3.05, 3.63) is 82.5 Å². The first-order valence-corrected chi connectivity index (χ1v) is 17.1. The Bertz CT molecular complexity index is 2100. The molecule has 1 aliphatic heterocycles. The Balaban J connectivity index is 1.43. The molecule has 1 saturated carbocycles. The molecule has 4 N–H and O–H groups in total. The zero-order valence-electron chi connectivity index (χ0n) is 29.7. The monoisotopic (exact) mass is 815 g/mol. The number of rotatable bonds is 13. The minimum Gasteiger partial charge on any atom is -0.509 e. The zero-order chi connectivity index (χ0) is 42.0. The number of anilines is 1. The maximum atomic E-state index is 15.5. The van der Waals surface area contributed by atoms with Crippen molar-refractivity contribution in [1.29, 1.82) is 0 Å². The summed E-state index contributed by atoms with van der Waals surface area (Å²) in [5.74, 6) is -10.8. The number of likely N-dealkylation sites (N-methyl/N-ethyl adjacent to an activating group) is 1. The largest absolute Gasteiger partial charge is 0.509 e. The van der Waals surface area contributed by atoms with Crippen LogP contribution in [0.15, 0.2) is 54.1 Å². The average Bonchev–Trinajstić information content (AvgIpc) is 3.64. The normalized spacial score (nSPS) is 16.6. The van der Waals surface area contributed by atoms with E-state index < -0.39 is 123 Å². The summed E-state index contributed by atoms with van der Waals surface area (Å²) < 4.78 is 118. The smallest absolute Gasteiger partial charge is 0.433 e. The highest BCUT2D eigenvalue weighted by molar-refractivity contribution is 6.24. The number of amides is 2. The summed E-state index contributed by atoms with van der Waals surface area (Å²) in [5, 5.41) is 33.9. The number of carboxylic acid groups (broad SMARTS) is 2. The number of carbonyl (C=O) groups excluding carboxylic acids is 2. The van der Waals surface area contributed by atoms with Crippen LogP contribution >= 0.6 is 0 Å². The quantitative estimate of drug-likeness (QED) is 0.0814. The molecule has 21 heteroatoms. The van der Waals surface area contributed by atoms with Crippen LogP contribution < -0.4 is 10.1 Å². The number of aromatic nitrogens is 2. The van der Waals surface area contributed by atoms with E-state index in [0.717, 1.165) is 23.2 Å². The number of benzene rings is 2. The molecule has 0 saturated heterocycles. The van der Waals surface area contributed by atoms with E-state index in [1.807, 2.05) is 0 Å². The van der Waals surface area contributed by atoms with E-state index in [-0.39, 0.29) is 32.3 Å². The van der Waals surface area contributed by atoms with Crippen LogP contribution in [0.3, 0.4) is 0 Å². The van der Waals surface area contributed by atoms with Crippen LogP contribution in [-0.4, -0.2) is 78.3 Å². The number of alkyl halides is 6. The fraction of sp³-hybridized carbons (Fsp3) is 0.389. The van der Waals surface area contributed by atoms with Gasteiger partial charge in [0.05, 0.1) is 48.0 Å². The SMILES string of the molecule is CN1N(Cc2ccc(OCCC[C@@H](CC(=O)O)C(=O)O)c(F)c2F)C(=O)C(C(=O)Nc2ccc(C(F)(F)F)cc2-c2cc(C(F)(F)F)ncn2)=C(O)C12CCCC2. The lowest BCUT2D eigenvalue weighted by molar-refractivity contribution is -0.163. The van der Waals surface area contributed by atoms with Gasteiger partial charge < -0.3 is 25.4 Å². The molecule has 1 atom stereocenters. The summed E-state index contributed by atoms with van der Waals surface area (Å²) in [6.07, 6.45) is -9.04. The van der Waals surface area contributed by atoms with E-state index >= 15 is 8.78 Å². The third-order valence-corrected chi connectivity index (χ3v) is 9.77. The Labute approximate surface area is 317 Å². The van der Waals surface area contributed by atoms with Gasteiger partial charge in [-0.15, -0.1) is 0 Å². The molecule has 1 aromatic heterocycles.